The zero-order valence-electron chi connectivity index (χ0n) is 13.5. The predicted octanol–water partition coefficient (Wildman–Crippen LogP) is 4.84. The number of benzene rings is 2. The van der Waals surface area contributed by atoms with Crippen LogP contribution in [0.4, 0.5) is 0 Å². The van der Waals surface area contributed by atoms with Crippen molar-refractivity contribution >= 4 is 32.8 Å². The van der Waals surface area contributed by atoms with E-state index in [4.69, 9.17) is 9.15 Å². The van der Waals surface area contributed by atoms with Crippen LogP contribution in [0.1, 0.15) is 25.6 Å². The average Bonchev–Trinajstić information content (AvgIpc) is 3.01. The summed E-state index contributed by atoms with van der Waals surface area (Å²) in [7, 11) is 0. The molecule has 0 aliphatic rings. The van der Waals surface area contributed by atoms with Crippen LogP contribution < -0.4 is 10.1 Å². The maximum atomic E-state index is 12.3. The molecule has 0 saturated heterocycles. The zero-order chi connectivity index (χ0) is 17.1. The minimum absolute atomic E-state index is 0.189. The van der Waals surface area contributed by atoms with Crippen molar-refractivity contribution in [3.05, 3.63) is 64.8 Å². The van der Waals surface area contributed by atoms with Gasteiger partial charge in [0.05, 0.1) is 6.04 Å². The Hall–Kier alpha value is -2.27. The highest BCUT2D eigenvalue weighted by Gasteiger charge is 2.19. The number of carbonyl (C=O) groups is 1. The van der Waals surface area contributed by atoms with E-state index in [1.165, 1.54) is 0 Å². The molecule has 4 nitrogen and oxygen atoms in total. The van der Waals surface area contributed by atoms with Gasteiger partial charge in [0.25, 0.3) is 5.91 Å². The molecule has 0 unspecified atom stereocenters. The Balaban J connectivity index is 1.63. The van der Waals surface area contributed by atoms with Crippen molar-refractivity contribution < 1.29 is 13.9 Å². The van der Waals surface area contributed by atoms with E-state index < -0.39 is 6.10 Å². The van der Waals surface area contributed by atoms with Gasteiger partial charge in [0.2, 0.25) is 0 Å². The standard InChI is InChI=1S/C19H18BrNO3/c1-12(18-11-14-5-3-4-6-17(14)24-18)21-19(22)13(2)23-16-9-7-15(20)8-10-16/h3-13H,1-2H3,(H,21,22)/t12-,13+/m1/s1. The third-order valence-corrected chi connectivity index (χ3v) is 4.25. The first-order valence-electron chi connectivity index (χ1n) is 7.74. The lowest BCUT2D eigenvalue weighted by Crippen LogP contribution is -2.37. The molecule has 1 amide bonds. The number of halogens is 1. The van der Waals surface area contributed by atoms with Crippen LogP contribution in [-0.4, -0.2) is 12.0 Å². The van der Waals surface area contributed by atoms with E-state index in [2.05, 4.69) is 21.2 Å². The number of rotatable bonds is 5. The van der Waals surface area contributed by atoms with Gasteiger partial charge in [-0.05, 0) is 50.2 Å². The summed E-state index contributed by atoms with van der Waals surface area (Å²) in [6.07, 6.45) is -0.599. The number of amides is 1. The van der Waals surface area contributed by atoms with Crippen LogP contribution >= 0.6 is 15.9 Å². The summed E-state index contributed by atoms with van der Waals surface area (Å²) in [5.41, 5.74) is 0.813. The topological polar surface area (TPSA) is 51.5 Å². The van der Waals surface area contributed by atoms with Crippen LogP contribution in [0.2, 0.25) is 0 Å². The fourth-order valence-corrected chi connectivity index (χ4v) is 2.65. The van der Waals surface area contributed by atoms with Gasteiger partial charge in [-0.3, -0.25) is 4.79 Å². The van der Waals surface area contributed by atoms with Crippen molar-refractivity contribution in [3.8, 4) is 5.75 Å². The highest BCUT2D eigenvalue weighted by atomic mass is 79.9. The van der Waals surface area contributed by atoms with Crippen molar-refractivity contribution in [3.63, 3.8) is 0 Å². The molecule has 0 spiro atoms. The van der Waals surface area contributed by atoms with E-state index in [0.717, 1.165) is 21.2 Å². The summed E-state index contributed by atoms with van der Waals surface area (Å²) in [5, 5.41) is 3.94. The number of ether oxygens (including phenoxy) is 1. The van der Waals surface area contributed by atoms with Crippen molar-refractivity contribution in [2.24, 2.45) is 0 Å². The Kier molecular flexibility index (Phi) is 4.90. The normalized spacial score (nSPS) is 13.5. The predicted molar refractivity (Wildman–Crippen MR) is 97.0 cm³/mol. The molecule has 24 heavy (non-hydrogen) atoms. The van der Waals surface area contributed by atoms with Gasteiger partial charge in [-0.25, -0.2) is 0 Å². The van der Waals surface area contributed by atoms with Crippen LogP contribution in [0.5, 0.6) is 5.75 Å². The molecule has 0 aliphatic heterocycles. The molecule has 0 fully saturated rings. The summed E-state index contributed by atoms with van der Waals surface area (Å²) >= 11 is 3.37. The second-order valence-corrected chi connectivity index (χ2v) is 6.55. The first-order valence-corrected chi connectivity index (χ1v) is 8.53. The van der Waals surface area contributed by atoms with E-state index in [0.29, 0.717) is 5.75 Å². The van der Waals surface area contributed by atoms with E-state index in [1.807, 2.05) is 61.5 Å². The maximum absolute atomic E-state index is 12.3. The molecule has 2 aromatic carbocycles. The van der Waals surface area contributed by atoms with Gasteiger partial charge >= 0.3 is 0 Å². The number of nitrogens with one attached hydrogen (secondary N) is 1. The van der Waals surface area contributed by atoms with Crippen LogP contribution in [0.15, 0.2) is 63.5 Å². The van der Waals surface area contributed by atoms with Crippen molar-refractivity contribution in [1.29, 1.82) is 0 Å². The molecule has 1 heterocycles. The highest BCUT2D eigenvalue weighted by molar-refractivity contribution is 9.10. The Bertz CT molecular complexity index is 808. The van der Waals surface area contributed by atoms with Gasteiger partial charge in [0.1, 0.15) is 17.1 Å². The molecule has 3 rings (SSSR count). The van der Waals surface area contributed by atoms with Crippen LogP contribution in [-0.2, 0) is 4.79 Å². The Morgan fingerprint density at radius 1 is 1.12 bits per heavy atom. The van der Waals surface area contributed by atoms with Gasteiger partial charge in [0.15, 0.2) is 6.10 Å². The number of fused-ring (bicyclic) bond motifs is 1. The molecule has 1 aromatic heterocycles. The highest BCUT2D eigenvalue weighted by Crippen LogP contribution is 2.24. The fraction of sp³-hybridized carbons (Fsp3) is 0.211. The molecule has 0 saturated carbocycles. The van der Waals surface area contributed by atoms with Gasteiger partial charge in [-0.2, -0.15) is 0 Å². The number of furan rings is 1. The number of carbonyl (C=O) groups excluding carboxylic acids is 1. The molecule has 3 aromatic rings. The van der Waals surface area contributed by atoms with Gasteiger partial charge in [-0.15, -0.1) is 0 Å². The van der Waals surface area contributed by atoms with E-state index in [9.17, 15) is 4.79 Å². The van der Waals surface area contributed by atoms with Gasteiger partial charge in [-0.1, -0.05) is 34.1 Å². The third-order valence-electron chi connectivity index (χ3n) is 3.73. The molecule has 2 atom stereocenters. The summed E-state index contributed by atoms with van der Waals surface area (Å²) < 4.78 is 12.4. The minimum atomic E-state index is -0.599. The van der Waals surface area contributed by atoms with E-state index >= 15 is 0 Å². The SMILES string of the molecule is C[C@H](Oc1ccc(Br)cc1)C(=O)N[C@H](C)c1cc2ccccc2o1. The quantitative estimate of drug-likeness (QED) is 0.681. The van der Waals surface area contributed by atoms with Crippen LogP contribution in [0.3, 0.4) is 0 Å². The molecule has 5 heteroatoms. The van der Waals surface area contributed by atoms with Crippen LogP contribution in [0, 0.1) is 0 Å². The number of para-hydroxylation sites is 1. The lowest BCUT2D eigenvalue weighted by molar-refractivity contribution is -0.128. The molecular weight excluding hydrogens is 370 g/mol. The van der Waals surface area contributed by atoms with Gasteiger partial charge < -0.3 is 14.5 Å². The maximum Gasteiger partial charge on any atom is 0.261 e. The molecule has 0 aliphatic carbocycles. The fourth-order valence-electron chi connectivity index (χ4n) is 2.39. The average molecular weight is 388 g/mol. The molecule has 1 N–H and O–H groups in total. The second kappa shape index (κ2) is 7.09. The van der Waals surface area contributed by atoms with Gasteiger partial charge in [0, 0.05) is 9.86 Å². The Labute approximate surface area is 148 Å². The van der Waals surface area contributed by atoms with E-state index in [1.54, 1.807) is 6.92 Å². The lowest BCUT2D eigenvalue weighted by Gasteiger charge is -2.17. The minimum Gasteiger partial charge on any atom is -0.481 e. The smallest absolute Gasteiger partial charge is 0.261 e. The van der Waals surface area contributed by atoms with Crippen molar-refractivity contribution in [2.75, 3.05) is 0 Å². The molecule has 0 bridgehead atoms. The van der Waals surface area contributed by atoms with Crippen molar-refractivity contribution in [1.82, 2.24) is 5.32 Å². The van der Waals surface area contributed by atoms with Crippen LogP contribution in [0.25, 0.3) is 11.0 Å². The summed E-state index contributed by atoms with van der Waals surface area (Å²) in [6.45, 7) is 3.62. The summed E-state index contributed by atoms with van der Waals surface area (Å²) in [6, 6.07) is 16.9. The Morgan fingerprint density at radius 3 is 2.54 bits per heavy atom. The number of hydrogen-bond donors (Lipinski definition) is 1. The lowest BCUT2D eigenvalue weighted by atomic mass is 10.2. The first-order chi connectivity index (χ1) is 11.5. The third kappa shape index (κ3) is 3.79. The second-order valence-electron chi connectivity index (χ2n) is 5.63. The zero-order valence-corrected chi connectivity index (χ0v) is 15.0. The molecular formula is C19H18BrNO3. The largest absolute Gasteiger partial charge is 0.481 e. The summed E-state index contributed by atoms with van der Waals surface area (Å²) in [4.78, 5) is 12.3. The van der Waals surface area contributed by atoms with E-state index in [-0.39, 0.29) is 11.9 Å². The molecule has 0 radical (unpaired) electrons. The molecule has 124 valence electrons. The Morgan fingerprint density at radius 2 is 1.83 bits per heavy atom. The first kappa shape index (κ1) is 16.6. The number of hydrogen-bond acceptors (Lipinski definition) is 3. The monoisotopic (exact) mass is 387 g/mol. The summed E-state index contributed by atoms with van der Waals surface area (Å²) in [5.74, 6) is 1.18. The van der Waals surface area contributed by atoms with Crippen molar-refractivity contribution in [2.45, 2.75) is 26.0 Å².